The topological polar surface area (TPSA) is 12.0 Å². The van der Waals surface area contributed by atoms with Gasteiger partial charge in [-0.2, -0.15) is 0 Å². The Balaban J connectivity index is 2.36. The number of nitrogens with one attached hydrogen (secondary N) is 1. The van der Waals surface area contributed by atoms with Crippen molar-refractivity contribution in [1.29, 1.82) is 0 Å². The molecule has 0 aromatic carbocycles. The van der Waals surface area contributed by atoms with Crippen molar-refractivity contribution in [2.75, 3.05) is 0 Å². The zero-order chi connectivity index (χ0) is 10.8. The summed E-state index contributed by atoms with van der Waals surface area (Å²) >= 11 is 0. The molecule has 0 amide bonds. The maximum Gasteiger partial charge on any atom is 0.0543 e. The van der Waals surface area contributed by atoms with Gasteiger partial charge >= 0.3 is 0 Å². The molecule has 2 aliphatic rings. The first-order valence-electron chi connectivity index (χ1n) is 5.68. The zero-order valence-electron chi connectivity index (χ0n) is 9.53. The van der Waals surface area contributed by atoms with Gasteiger partial charge < -0.3 is 5.32 Å². The van der Waals surface area contributed by atoms with E-state index in [9.17, 15) is 0 Å². The van der Waals surface area contributed by atoms with Crippen LogP contribution in [0.2, 0.25) is 0 Å². The highest BCUT2D eigenvalue weighted by Gasteiger charge is 2.28. The summed E-state index contributed by atoms with van der Waals surface area (Å²) in [6, 6.07) is 0.474. The normalized spacial score (nSPS) is 28.2. The maximum atomic E-state index is 3.86. The van der Waals surface area contributed by atoms with Gasteiger partial charge in [-0.05, 0) is 24.1 Å². The van der Waals surface area contributed by atoms with Crippen LogP contribution in [0.5, 0.6) is 0 Å². The molecule has 15 heavy (non-hydrogen) atoms. The van der Waals surface area contributed by atoms with E-state index in [0.717, 1.165) is 6.42 Å². The average molecular weight is 201 g/mol. The van der Waals surface area contributed by atoms with Crippen molar-refractivity contribution in [3.8, 4) is 0 Å². The Morgan fingerprint density at radius 2 is 2.27 bits per heavy atom. The molecule has 0 saturated carbocycles. The predicted octanol–water partition coefficient (Wildman–Crippen LogP) is 3.19. The highest BCUT2D eigenvalue weighted by Crippen LogP contribution is 2.34. The molecular formula is C14H19N. The molecule has 0 bridgehead atoms. The molecule has 2 atom stereocenters. The summed E-state index contributed by atoms with van der Waals surface area (Å²) in [5.41, 5.74) is 3.03. The Morgan fingerprint density at radius 3 is 2.93 bits per heavy atom. The van der Waals surface area contributed by atoms with Crippen LogP contribution in [0.4, 0.5) is 0 Å². The Labute approximate surface area is 92.3 Å². The van der Waals surface area contributed by atoms with Crippen molar-refractivity contribution in [2.45, 2.75) is 26.3 Å². The Bertz CT molecular complexity index is 344. The van der Waals surface area contributed by atoms with E-state index in [1.807, 2.05) is 6.08 Å². The lowest BCUT2D eigenvalue weighted by Gasteiger charge is -2.27. The van der Waals surface area contributed by atoms with Gasteiger partial charge in [0.2, 0.25) is 0 Å². The van der Waals surface area contributed by atoms with Crippen LogP contribution in [0, 0.1) is 11.8 Å². The summed E-state index contributed by atoms with van der Waals surface area (Å²) in [6.45, 7) is 8.38. The quantitative estimate of drug-likeness (QED) is 0.691. The van der Waals surface area contributed by atoms with Crippen molar-refractivity contribution >= 4 is 0 Å². The number of rotatable bonds is 3. The molecule has 0 aromatic heterocycles. The summed E-state index contributed by atoms with van der Waals surface area (Å²) in [7, 11) is 0. The number of hydrogen-bond donors (Lipinski definition) is 1. The van der Waals surface area contributed by atoms with E-state index < -0.39 is 0 Å². The number of allylic oxidation sites excluding steroid dienone is 3. The first-order chi connectivity index (χ1) is 7.24. The van der Waals surface area contributed by atoms with Crippen molar-refractivity contribution in [1.82, 2.24) is 5.32 Å². The highest BCUT2D eigenvalue weighted by molar-refractivity contribution is 5.40. The molecule has 80 valence electrons. The summed E-state index contributed by atoms with van der Waals surface area (Å²) in [5.74, 6) is 1.15. The fraction of sp³-hybridized carbons (Fsp3) is 0.429. The van der Waals surface area contributed by atoms with E-state index in [0.29, 0.717) is 17.9 Å². The van der Waals surface area contributed by atoms with Gasteiger partial charge in [-0.15, -0.1) is 6.58 Å². The molecule has 1 heterocycles. The molecule has 2 rings (SSSR count). The average Bonchev–Trinajstić information content (AvgIpc) is 2.66. The van der Waals surface area contributed by atoms with Crippen molar-refractivity contribution in [2.24, 2.45) is 11.8 Å². The predicted molar refractivity (Wildman–Crippen MR) is 65.4 cm³/mol. The van der Waals surface area contributed by atoms with E-state index in [1.165, 1.54) is 11.1 Å². The van der Waals surface area contributed by atoms with Crippen LogP contribution in [0.25, 0.3) is 0 Å². The van der Waals surface area contributed by atoms with Crippen LogP contribution < -0.4 is 5.32 Å². The lowest BCUT2D eigenvalue weighted by molar-refractivity contribution is 0.589. The van der Waals surface area contributed by atoms with Crippen LogP contribution in [0.1, 0.15) is 20.3 Å². The molecule has 0 radical (unpaired) electrons. The Kier molecular flexibility index (Phi) is 2.81. The SMILES string of the molecule is C=CCC1=C(C(C)C)C=CC2NC=CC12. The molecule has 0 fully saturated rings. The van der Waals surface area contributed by atoms with Gasteiger partial charge in [0.25, 0.3) is 0 Å². The van der Waals surface area contributed by atoms with Crippen LogP contribution in [-0.4, -0.2) is 6.04 Å². The minimum atomic E-state index is 0.474. The summed E-state index contributed by atoms with van der Waals surface area (Å²) in [4.78, 5) is 0. The van der Waals surface area contributed by atoms with E-state index in [1.54, 1.807) is 0 Å². The monoisotopic (exact) mass is 201 g/mol. The smallest absolute Gasteiger partial charge is 0.0543 e. The lowest BCUT2D eigenvalue weighted by Crippen LogP contribution is -2.28. The zero-order valence-corrected chi connectivity index (χ0v) is 9.53. The molecule has 2 unspecified atom stereocenters. The van der Waals surface area contributed by atoms with Crippen molar-refractivity contribution in [3.63, 3.8) is 0 Å². The van der Waals surface area contributed by atoms with Gasteiger partial charge in [-0.1, -0.05) is 43.7 Å². The second-order valence-corrected chi connectivity index (χ2v) is 4.56. The van der Waals surface area contributed by atoms with Gasteiger partial charge in [0.15, 0.2) is 0 Å². The van der Waals surface area contributed by atoms with Gasteiger partial charge in [-0.3, -0.25) is 0 Å². The lowest BCUT2D eigenvalue weighted by atomic mass is 9.80. The molecule has 1 aliphatic heterocycles. The summed E-state index contributed by atoms with van der Waals surface area (Å²) in [5, 5.41) is 3.37. The first kappa shape index (κ1) is 10.3. The molecular weight excluding hydrogens is 182 g/mol. The van der Waals surface area contributed by atoms with Gasteiger partial charge in [0.1, 0.15) is 0 Å². The molecule has 0 spiro atoms. The second-order valence-electron chi connectivity index (χ2n) is 4.56. The molecule has 1 aliphatic carbocycles. The molecule has 0 saturated heterocycles. The van der Waals surface area contributed by atoms with Crippen molar-refractivity contribution < 1.29 is 0 Å². The van der Waals surface area contributed by atoms with E-state index in [2.05, 4.69) is 50.2 Å². The third-order valence-electron chi connectivity index (χ3n) is 3.22. The van der Waals surface area contributed by atoms with Crippen LogP contribution in [0.15, 0.2) is 48.2 Å². The minimum absolute atomic E-state index is 0.474. The highest BCUT2D eigenvalue weighted by atomic mass is 14.9. The fourth-order valence-corrected chi connectivity index (χ4v) is 2.48. The van der Waals surface area contributed by atoms with E-state index >= 15 is 0 Å². The third kappa shape index (κ3) is 1.79. The maximum absolute atomic E-state index is 3.86. The molecule has 1 N–H and O–H groups in total. The van der Waals surface area contributed by atoms with Crippen LogP contribution in [-0.2, 0) is 0 Å². The number of hydrogen-bond acceptors (Lipinski definition) is 1. The van der Waals surface area contributed by atoms with Crippen LogP contribution in [0.3, 0.4) is 0 Å². The fourth-order valence-electron chi connectivity index (χ4n) is 2.48. The molecule has 1 heteroatoms. The van der Waals surface area contributed by atoms with Gasteiger partial charge in [0, 0.05) is 5.92 Å². The van der Waals surface area contributed by atoms with Gasteiger partial charge in [-0.25, -0.2) is 0 Å². The first-order valence-corrected chi connectivity index (χ1v) is 5.68. The second kappa shape index (κ2) is 4.09. The standard InChI is InChI=1S/C14H19N/c1-4-5-12-11(10(2)3)6-7-14-13(12)8-9-15-14/h4,6-10,13-15H,1,5H2,2-3H3. The molecule has 1 nitrogen and oxygen atoms in total. The Hall–Kier alpha value is -1.24. The number of fused-ring (bicyclic) bond motifs is 1. The molecule has 0 aromatic rings. The Morgan fingerprint density at radius 1 is 1.47 bits per heavy atom. The summed E-state index contributed by atoms with van der Waals surface area (Å²) < 4.78 is 0. The third-order valence-corrected chi connectivity index (χ3v) is 3.22. The largest absolute Gasteiger partial charge is 0.384 e. The van der Waals surface area contributed by atoms with Crippen LogP contribution >= 0.6 is 0 Å². The van der Waals surface area contributed by atoms with E-state index in [4.69, 9.17) is 0 Å². The minimum Gasteiger partial charge on any atom is -0.384 e. The van der Waals surface area contributed by atoms with Gasteiger partial charge in [0.05, 0.1) is 6.04 Å². The van der Waals surface area contributed by atoms with Crippen molar-refractivity contribution in [3.05, 3.63) is 48.2 Å². The summed E-state index contributed by atoms with van der Waals surface area (Å²) in [6.07, 6.45) is 11.9. The van der Waals surface area contributed by atoms with E-state index in [-0.39, 0.29) is 0 Å².